The zero-order chi connectivity index (χ0) is 46.3. The van der Waals surface area contributed by atoms with E-state index in [1.165, 1.54) is 136 Å². The zero-order valence-corrected chi connectivity index (χ0v) is 38.5. The maximum Gasteiger partial charge on any atom is 0.135 e. The average Bonchev–Trinajstić information content (AvgIpc) is 3.81. The van der Waals surface area contributed by atoms with E-state index in [4.69, 9.17) is 4.42 Å². The van der Waals surface area contributed by atoms with E-state index in [2.05, 4.69) is 237 Å². The van der Waals surface area contributed by atoms with Crippen molar-refractivity contribution in [2.24, 2.45) is 0 Å². The first-order valence-electron chi connectivity index (χ1n) is 24.6. The van der Waals surface area contributed by atoms with Crippen molar-refractivity contribution < 1.29 is 4.42 Å². The second-order valence-corrected chi connectivity index (χ2v) is 19.5. The minimum absolute atomic E-state index is 0.898. The second kappa shape index (κ2) is 14.6. The Morgan fingerprint density at radius 3 is 1.18 bits per heavy atom. The van der Waals surface area contributed by atoms with Gasteiger partial charge in [-0.3, -0.25) is 0 Å². The number of hydrogen-bond acceptors (Lipinski definition) is 1. The molecule has 0 aliphatic heterocycles. The predicted octanol–water partition coefficient (Wildman–Crippen LogP) is 20.0. The molecule has 0 atom stereocenters. The Balaban J connectivity index is 1.03. The SMILES string of the molecule is c1ccc(-c2cccc3c(-c4cc(-c5ccc6ccc7cccc8ccc5c6c78)cc5c(-c6ccc7oc8ccccc8c7c6)cccc45)cc(-c4ccc5ccc6cccc7ccc4c5c67)cc23)cc1. The number of furan rings is 1. The van der Waals surface area contributed by atoms with Gasteiger partial charge in [-0.15, -0.1) is 0 Å². The molecule has 0 aliphatic carbocycles. The molecule has 16 rings (SSSR count). The summed E-state index contributed by atoms with van der Waals surface area (Å²) in [4.78, 5) is 0. The Kier molecular flexibility index (Phi) is 7.95. The number of hydrogen-bond donors (Lipinski definition) is 0. The van der Waals surface area contributed by atoms with Crippen LogP contribution >= 0.6 is 0 Å². The van der Waals surface area contributed by atoms with Crippen molar-refractivity contribution in [2.45, 2.75) is 0 Å². The third-order valence-electron chi connectivity index (χ3n) is 15.7. The fourth-order valence-electron chi connectivity index (χ4n) is 12.5. The van der Waals surface area contributed by atoms with Gasteiger partial charge in [0.1, 0.15) is 11.2 Å². The van der Waals surface area contributed by atoms with E-state index in [1.807, 2.05) is 6.07 Å². The van der Waals surface area contributed by atoms with Crippen LogP contribution in [-0.2, 0) is 0 Å². The monoisotopic (exact) mass is 896 g/mol. The molecule has 1 heteroatoms. The van der Waals surface area contributed by atoms with E-state index in [0.29, 0.717) is 0 Å². The summed E-state index contributed by atoms with van der Waals surface area (Å²) in [6.07, 6.45) is 0. The molecule has 0 aliphatic rings. The van der Waals surface area contributed by atoms with E-state index in [0.717, 1.165) is 27.5 Å². The van der Waals surface area contributed by atoms with Crippen LogP contribution in [0.25, 0.3) is 164 Å². The summed E-state index contributed by atoms with van der Waals surface area (Å²) >= 11 is 0. The molecule has 0 spiro atoms. The lowest BCUT2D eigenvalue weighted by molar-refractivity contribution is 0.669. The molecule has 0 fully saturated rings. The quantitative estimate of drug-likeness (QED) is 0.157. The molecule has 1 nitrogen and oxygen atoms in total. The summed E-state index contributed by atoms with van der Waals surface area (Å²) in [5, 5.41) is 22.6. The van der Waals surface area contributed by atoms with Crippen LogP contribution < -0.4 is 0 Å². The van der Waals surface area contributed by atoms with E-state index < -0.39 is 0 Å². The molecule has 1 heterocycles. The second-order valence-electron chi connectivity index (χ2n) is 19.5. The van der Waals surface area contributed by atoms with Crippen molar-refractivity contribution in [3.8, 4) is 55.6 Å². The van der Waals surface area contributed by atoms with Crippen molar-refractivity contribution >= 4 is 108 Å². The topological polar surface area (TPSA) is 13.1 Å². The largest absolute Gasteiger partial charge is 0.456 e. The van der Waals surface area contributed by atoms with Gasteiger partial charge in [-0.2, -0.15) is 0 Å². The van der Waals surface area contributed by atoms with Crippen molar-refractivity contribution in [3.05, 3.63) is 243 Å². The molecule has 16 aromatic rings. The minimum Gasteiger partial charge on any atom is -0.456 e. The van der Waals surface area contributed by atoms with Crippen LogP contribution in [0.15, 0.2) is 247 Å². The average molecular weight is 897 g/mol. The van der Waals surface area contributed by atoms with Gasteiger partial charge in [0.15, 0.2) is 0 Å². The van der Waals surface area contributed by atoms with Crippen LogP contribution in [-0.4, -0.2) is 0 Å². The normalized spacial score (nSPS) is 12.2. The first kappa shape index (κ1) is 38.6. The van der Waals surface area contributed by atoms with Gasteiger partial charge in [0.25, 0.3) is 0 Å². The van der Waals surface area contributed by atoms with Gasteiger partial charge in [-0.05, 0) is 184 Å². The summed E-state index contributed by atoms with van der Waals surface area (Å²) in [5.41, 5.74) is 13.8. The van der Waals surface area contributed by atoms with Crippen LogP contribution in [0.1, 0.15) is 0 Å². The summed E-state index contributed by atoms with van der Waals surface area (Å²) < 4.78 is 6.36. The molecular formula is C70H40O. The molecular weight excluding hydrogens is 857 g/mol. The van der Waals surface area contributed by atoms with Crippen LogP contribution in [0.4, 0.5) is 0 Å². The number of para-hydroxylation sites is 1. The van der Waals surface area contributed by atoms with E-state index in [1.54, 1.807) is 0 Å². The van der Waals surface area contributed by atoms with Crippen molar-refractivity contribution in [1.82, 2.24) is 0 Å². The van der Waals surface area contributed by atoms with Gasteiger partial charge in [0.2, 0.25) is 0 Å². The molecule has 0 N–H and O–H groups in total. The van der Waals surface area contributed by atoms with Crippen LogP contribution in [0.5, 0.6) is 0 Å². The lowest BCUT2D eigenvalue weighted by Crippen LogP contribution is -1.93. The summed E-state index contributed by atoms with van der Waals surface area (Å²) in [5.74, 6) is 0. The Hall–Kier alpha value is -9.30. The summed E-state index contributed by atoms with van der Waals surface area (Å²) in [6.45, 7) is 0. The van der Waals surface area contributed by atoms with Crippen molar-refractivity contribution in [3.63, 3.8) is 0 Å². The molecule has 15 aromatic carbocycles. The van der Waals surface area contributed by atoms with Crippen LogP contribution in [0, 0.1) is 0 Å². The molecule has 0 unspecified atom stereocenters. The van der Waals surface area contributed by atoms with E-state index in [9.17, 15) is 0 Å². The third kappa shape index (κ3) is 5.63. The Bertz CT molecular complexity index is 4830. The molecule has 0 bridgehead atoms. The van der Waals surface area contributed by atoms with Gasteiger partial charge in [0.05, 0.1) is 0 Å². The van der Waals surface area contributed by atoms with E-state index in [-0.39, 0.29) is 0 Å². The molecule has 0 radical (unpaired) electrons. The molecule has 0 saturated heterocycles. The number of benzene rings is 15. The zero-order valence-electron chi connectivity index (χ0n) is 38.5. The van der Waals surface area contributed by atoms with E-state index >= 15 is 0 Å². The molecule has 0 saturated carbocycles. The lowest BCUT2D eigenvalue weighted by Gasteiger charge is -2.20. The standard InChI is InChI=1S/C70H40O/c1-2-10-41(11-3-1)51-17-8-19-55-60(51)37-49(53-31-26-46-24-22-42-12-6-14-44-28-33-58(53)69(46)67(42)44)39-62(55)63-40-50(54-32-27-47-25-23-43-13-7-15-45-29-34-59(54)70(47)68(43)45)38-61-52(18-9-20-56(61)63)48-30-35-66-64(36-48)57-16-4-5-21-65(57)71-66/h1-40H. The van der Waals surface area contributed by atoms with Crippen LogP contribution in [0.3, 0.4) is 0 Å². The highest BCUT2D eigenvalue weighted by Gasteiger charge is 2.21. The van der Waals surface area contributed by atoms with Gasteiger partial charge < -0.3 is 4.42 Å². The molecule has 71 heavy (non-hydrogen) atoms. The Morgan fingerprint density at radius 1 is 0.183 bits per heavy atom. The number of fused-ring (bicyclic) bond motifs is 5. The van der Waals surface area contributed by atoms with Gasteiger partial charge >= 0.3 is 0 Å². The van der Waals surface area contributed by atoms with Crippen molar-refractivity contribution in [1.29, 1.82) is 0 Å². The maximum atomic E-state index is 6.36. The molecule has 1 aromatic heterocycles. The van der Waals surface area contributed by atoms with Gasteiger partial charge in [-0.25, -0.2) is 0 Å². The fourth-order valence-corrected chi connectivity index (χ4v) is 12.5. The molecule has 0 amide bonds. The Labute approximate surface area is 408 Å². The predicted molar refractivity (Wildman–Crippen MR) is 303 cm³/mol. The highest BCUT2D eigenvalue weighted by Crippen LogP contribution is 2.48. The minimum atomic E-state index is 0.898. The van der Waals surface area contributed by atoms with Gasteiger partial charge in [0, 0.05) is 10.8 Å². The smallest absolute Gasteiger partial charge is 0.135 e. The maximum absolute atomic E-state index is 6.36. The highest BCUT2D eigenvalue weighted by molar-refractivity contribution is 6.28. The van der Waals surface area contributed by atoms with Crippen molar-refractivity contribution in [2.75, 3.05) is 0 Å². The first-order chi connectivity index (χ1) is 35.2. The first-order valence-corrected chi connectivity index (χ1v) is 24.6. The third-order valence-corrected chi connectivity index (χ3v) is 15.7. The highest BCUT2D eigenvalue weighted by atomic mass is 16.3. The summed E-state index contributed by atoms with van der Waals surface area (Å²) in [7, 11) is 0. The lowest BCUT2D eigenvalue weighted by atomic mass is 9.83. The fraction of sp³-hybridized carbons (Fsp3) is 0. The molecule has 326 valence electrons. The summed E-state index contributed by atoms with van der Waals surface area (Å²) in [6, 6.07) is 90.8. The number of rotatable bonds is 5. The van der Waals surface area contributed by atoms with Gasteiger partial charge in [-0.1, -0.05) is 200 Å². The Morgan fingerprint density at radius 2 is 0.606 bits per heavy atom. The van der Waals surface area contributed by atoms with Crippen LogP contribution in [0.2, 0.25) is 0 Å².